The van der Waals surface area contributed by atoms with Gasteiger partial charge in [-0.15, -0.1) is 0 Å². The molecule has 0 saturated carbocycles. The normalized spacial score (nSPS) is 22.7. The van der Waals surface area contributed by atoms with Gasteiger partial charge in [0.1, 0.15) is 61.8 Å². The van der Waals surface area contributed by atoms with Gasteiger partial charge in [-0.3, -0.25) is 76.7 Å². The number of nitrogens with one attached hydrogen (secondary N) is 7. The predicted molar refractivity (Wildman–Crippen MR) is 407 cm³/mol. The molecule has 714 valence electrons. The van der Waals surface area contributed by atoms with E-state index in [2.05, 4.69) is 31.9 Å². The Morgan fingerprint density at radius 3 is 0.744 bits per heavy atom. The third kappa shape index (κ3) is 47.2. The summed E-state index contributed by atoms with van der Waals surface area (Å²) in [5, 5.41) is 17.3. The van der Waals surface area contributed by atoms with Gasteiger partial charge in [0.05, 0.1) is 139 Å². The van der Waals surface area contributed by atoms with Crippen molar-refractivity contribution in [1.82, 2.24) is 37.2 Å². The van der Waals surface area contributed by atoms with Crippen LogP contribution in [-0.2, 0) is 190 Å². The van der Waals surface area contributed by atoms with Crippen molar-refractivity contribution in [2.45, 2.75) is 206 Å². The van der Waals surface area contributed by atoms with E-state index in [1.807, 2.05) is 5.32 Å². The molecule has 7 amide bonds. The minimum Gasteiger partial charge on any atom is -0.463 e. The smallest absolute Gasteiger partial charge is 0.463 e. The van der Waals surface area contributed by atoms with Crippen LogP contribution in [0.2, 0.25) is 0 Å². The van der Waals surface area contributed by atoms with Crippen molar-refractivity contribution in [2.75, 3.05) is 178 Å². The maximum atomic E-state index is 14.1. The number of ether oxygens (including phenoxy) is 24. The molecular formula is C75H118F3N7O40. The first-order chi connectivity index (χ1) is 59.2. The highest BCUT2D eigenvalue weighted by Gasteiger charge is 2.55. The van der Waals surface area contributed by atoms with Gasteiger partial charge < -0.3 is 151 Å². The van der Waals surface area contributed by atoms with Crippen LogP contribution in [0.5, 0.6) is 0 Å². The van der Waals surface area contributed by atoms with E-state index in [0.717, 1.165) is 62.3 Å². The number of rotatable bonds is 61. The van der Waals surface area contributed by atoms with E-state index in [4.69, 9.17) is 114 Å². The number of halogens is 3. The molecule has 7 N–H and O–H groups in total. The van der Waals surface area contributed by atoms with Crippen molar-refractivity contribution in [3.63, 3.8) is 0 Å². The summed E-state index contributed by atoms with van der Waals surface area (Å²) in [5.74, 6) is -12.9. The van der Waals surface area contributed by atoms with Crippen molar-refractivity contribution < 1.29 is 204 Å². The van der Waals surface area contributed by atoms with Gasteiger partial charge in [-0.25, -0.2) is 0 Å². The highest BCUT2D eigenvalue weighted by Crippen LogP contribution is 2.32. The number of carbonyl (C=O) groups is 16. The highest BCUT2D eigenvalue weighted by molar-refractivity contribution is 5.83. The molecule has 0 spiro atoms. The molecule has 50 heteroatoms. The van der Waals surface area contributed by atoms with Crippen molar-refractivity contribution in [3.8, 4) is 0 Å². The Morgan fingerprint density at radius 1 is 0.288 bits per heavy atom. The molecule has 0 bridgehead atoms. The summed E-state index contributed by atoms with van der Waals surface area (Å²) < 4.78 is 176. The van der Waals surface area contributed by atoms with Crippen LogP contribution in [-0.4, -0.2) is 377 Å². The van der Waals surface area contributed by atoms with Crippen LogP contribution in [0.1, 0.15) is 102 Å². The Morgan fingerprint density at radius 2 is 0.520 bits per heavy atom. The minimum atomic E-state index is -5.47. The topological polar surface area (TPSA) is 579 Å². The molecule has 0 aromatic rings. The largest absolute Gasteiger partial charge is 0.471 e. The quantitative estimate of drug-likeness (QED) is 0.0174. The number of amides is 7. The fourth-order valence-electron chi connectivity index (χ4n) is 11.8. The van der Waals surface area contributed by atoms with E-state index < -0.39 is 258 Å². The van der Waals surface area contributed by atoms with Crippen LogP contribution < -0.4 is 37.2 Å². The molecule has 3 fully saturated rings. The summed E-state index contributed by atoms with van der Waals surface area (Å²) in [6.07, 6.45) is -22.2. The third-order valence-electron chi connectivity index (χ3n) is 16.8. The highest BCUT2D eigenvalue weighted by atomic mass is 19.4. The van der Waals surface area contributed by atoms with E-state index in [-0.39, 0.29) is 138 Å². The number of alkyl halides is 3. The van der Waals surface area contributed by atoms with Gasteiger partial charge in [0.2, 0.25) is 35.4 Å². The Balaban J connectivity index is 1.57. The number of esters is 9. The van der Waals surface area contributed by atoms with Crippen molar-refractivity contribution >= 4 is 95.1 Å². The SMILES string of the molecule is CC(=O)NC1C(OCCOCCOCCNC(=O)CCOCC(COCCC(=O)NCCOCCOCCOC2OC(COC(C)=O)C(OC(C)=O)C(OC(C)=O)C2NC(C)=O)(COCCC(=O)NCCOCCOCCOC2OC(COC(C)=O)C(OC(C)=O)C(OC(C)=O)[C@@H]2NC(C)=O)NC(=O)C(F)(F)F)OC(COC(C)=O)C(OC(C)=O)C1OC(C)=O. The zero-order valence-electron chi connectivity index (χ0n) is 71.8. The lowest BCUT2D eigenvalue weighted by Crippen LogP contribution is -2.66. The molecule has 3 aliphatic heterocycles. The Bertz CT molecular complexity index is 3090. The fourth-order valence-corrected chi connectivity index (χ4v) is 11.8. The van der Waals surface area contributed by atoms with Crippen molar-refractivity contribution in [2.24, 2.45) is 0 Å². The van der Waals surface area contributed by atoms with Gasteiger partial charge in [-0.05, 0) is 0 Å². The second kappa shape index (κ2) is 60.4. The first-order valence-electron chi connectivity index (χ1n) is 39.7. The standard InChI is InChI=1S/C75H118F3N7O40/c1-43(86)82-61-67(120-52(10)95)64(117-49(7)92)55(37-114-46(4)89)123-70(61)111-34-31-105-28-25-102-22-16-79-58(98)13-19-108-40-74(85-73(101)75(76,77)78,41-109-20-14-59(99)80-17-23-103-26-29-106-32-35-112-71-62(83-44(2)87)68(121-53(11)96)65(118-50(8)93)56(124-71)38-115-47(5)90)42-110-21-15-60(100)81-18-24-104-27-30-107-33-36-113-72-63(84-45(3)88)69(122-54(12)97)66(119-51(9)94)57(125-72)39-116-48(6)91/h55-57,61-72H,13-42H2,1-12H3,(H,79,98)(H,80,99)(H,81,100)(H,82,86)(H,83,87)(H,84,88)(H,85,101)/t55?,56?,57?,61-,62?,63?,64?,65?,66?,67?,68?,69?,70?,71?,72?,74?/m0/s1. The van der Waals surface area contributed by atoms with E-state index in [9.17, 15) is 89.9 Å². The Kier molecular flexibility index (Phi) is 53.1. The first-order valence-corrected chi connectivity index (χ1v) is 39.7. The van der Waals surface area contributed by atoms with E-state index in [0.29, 0.717) is 0 Å². The second-order valence-corrected chi connectivity index (χ2v) is 27.6. The zero-order chi connectivity index (χ0) is 93.0. The summed E-state index contributed by atoms with van der Waals surface area (Å²) in [6.45, 7) is 7.60. The molecule has 0 radical (unpaired) electrons. The lowest BCUT2D eigenvalue weighted by atomic mass is 9.96. The molecule has 3 aliphatic rings. The lowest BCUT2D eigenvalue weighted by Gasteiger charge is -2.44. The van der Waals surface area contributed by atoms with E-state index in [1.54, 1.807) is 0 Å². The van der Waals surface area contributed by atoms with E-state index in [1.165, 1.54) is 20.8 Å². The van der Waals surface area contributed by atoms with Gasteiger partial charge in [0, 0.05) is 122 Å². The maximum absolute atomic E-state index is 14.1. The van der Waals surface area contributed by atoms with Crippen LogP contribution in [0.25, 0.3) is 0 Å². The molecule has 0 aliphatic carbocycles. The molecule has 0 aromatic heterocycles. The minimum absolute atomic E-state index is 0.00587. The molecule has 3 saturated heterocycles. The molecule has 0 aromatic carbocycles. The Labute approximate surface area is 717 Å². The lowest BCUT2D eigenvalue weighted by molar-refractivity contribution is -0.279. The van der Waals surface area contributed by atoms with Gasteiger partial charge >= 0.3 is 65.8 Å². The van der Waals surface area contributed by atoms with Crippen LogP contribution in [0, 0.1) is 0 Å². The van der Waals surface area contributed by atoms with Gasteiger partial charge in [0.25, 0.3) is 0 Å². The summed E-state index contributed by atoms with van der Waals surface area (Å²) in [6, 6.07) is -3.63. The second-order valence-electron chi connectivity index (χ2n) is 27.6. The van der Waals surface area contributed by atoms with Crippen LogP contribution >= 0.6 is 0 Å². The fraction of sp³-hybridized carbons (Fsp3) is 0.787. The van der Waals surface area contributed by atoms with Gasteiger partial charge in [-0.2, -0.15) is 13.2 Å². The zero-order valence-corrected chi connectivity index (χ0v) is 71.8. The van der Waals surface area contributed by atoms with Gasteiger partial charge in [-0.1, -0.05) is 0 Å². The molecule has 14 unspecified atom stereocenters. The maximum Gasteiger partial charge on any atom is 0.471 e. The van der Waals surface area contributed by atoms with Gasteiger partial charge in [0.15, 0.2) is 55.5 Å². The number of hydrogen-bond donors (Lipinski definition) is 7. The summed E-state index contributed by atoms with van der Waals surface area (Å²) >= 11 is 0. The molecule has 125 heavy (non-hydrogen) atoms. The van der Waals surface area contributed by atoms with Crippen LogP contribution in [0.4, 0.5) is 13.2 Å². The Hall–Kier alpha value is -9.29. The van der Waals surface area contributed by atoms with Crippen molar-refractivity contribution in [1.29, 1.82) is 0 Å². The van der Waals surface area contributed by atoms with Crippen LogP contribution in [0.3, 0.4) is 0 Å². The first kappa shape index (κ1) is 110. The number of carbonyl (C=O) groups excluding carboxylic acids is 16. The number of hydrogen-bond acceptors (Lipinski definition) is 40. The third-order valence-corrected chi connectivity index (χ3v) is 16.8. The molecule has 3 rings (SSSR count). The average Bonchev–Trinajstić information content (AvgIpc) is 0.798. The summed E-state index contributed by atoms with van der Waals surface area (Å²) in [5.41, 5.74) is -2.18. The molecule has 15 atom stereocenters. The molecule has 3 heterocycles. The van der Waals surface area contributed by atoms with Crippen molar-refractivity contribution in [3.05, 3.63) is 0 Å². The van der Waals surface area contributed by atoms with E-state index >= 15 is 0 Å². The monoisotopic (exact) mass is 1810 g/mol. The summed E-state index contributed by atoms with van der Waals surface area (Å²) in [7, 11) is 0. The summed E-state index contributed by atoms with van der Waals surface area (Å²) in [4.78, 5) is 196. The molecule has 47 nitrogen and oxygen atoms in total. The average molecular weight is 1810 g/mol. The molecular weight excluding hydrogens is 1700 g/mol. The van der Waals surface area contributed by atoms with Crippen LogP contribution in [0.15, 0.2) is 0 Å². The predicted octanol–water partition coefficient (Wildman–Crippen LogP) is -3.91.